The minimum Gasteiger partial charge on any atom is -0.862 e. The quantitative estimate of drug-likeness (QED) is 0.191. The van der Waals surface area contributed by atoms with Gasteiger partial charge >= 0.3 is 35.5 Å². The number of nitrogens with zero attached hydrogens (tertiary/aromatic N) is 1. The van der Waals surface area contributed by atoms with Crippen LogP contribution < -0.4 is 34.7 Å². The molecule has 0 bridgehead atoms. The van der Waals surface area contributed by atoms with Gasteiger partial charge < -0.3 is 14.9 Å². The summed E-state index contributed by atoms with van der Waals surface area (Å²) in [6.45, 7) is 2.18. The summed E-state index contributed by atoms with van der Waals surface area (Å²) in [5.41, 5.74) is 0. The van der Waals surface area contributed by atoms with Crippen molar-refractivity contribution in [3.8, 4) is 0 Å². The van der Waals surface area contributed by atoms with E-state index in [0.717, 1.165) is 19.3 Å². The van der Waals surface area contributed by atoms with Gasteiger partial charge in [-0.3, -0.25) is 4.99 Å². The average Bonchev–Trinajstić information content (AvgIpc) is 2.52. The Morgan fingerprint density at radius 2 is 1.46 bits per heavy atom. The molecule has 0 aromatic carbocycles. The van der Waals surface area contributed by atoms with Crippen molar-refractivity contribution >= 4 is 11.9 Å². The number of unbranched alkanes of at least 4 members (excludes halogenated alkanes) is 10. The summed E-state index contributed by atoms with van der Waals surface area (Å²) >= 11 is 0. The number of aliphatic carboxylic acids is 1. The number of methoxy groups -OCH3 is 1. The number of ether oxygens (including phenoxy) is 1. The Morgan fingerprint density at radius 3 is 1.88 bits per heavy atom. The number of carbonyl (C=O) groups is 1. The van der Waals surface area contributed by atoms with Gasteiger partial charge in [-0.1, -0.05) is 71.1 Å². The molecule has 0 aliphatic carbocycles. The predicted molar refractivity (Wildman–Crippen MR) is 91.8 cm³/mol. The Labute approximate surface area is 169 Å². The molecule has 0 radical (unpaired) electrons. The van der Waals surface area contributed by atoms with E-state index in [2.05, 4.69) is 11.9 Å². The molecule has 1 unspecified atom stereocenters. The molecule has 1 atom stereocenters. The standard InChI is InChI=1S/C18H35NO4.Na/c1-3-4-5-6-7-8-9-10-11-12-13-14-17(20)19-16(15-23-2)18(21)22;/h16H,3-15H2,1-2H3,(H,19,20)(H,21,22);/q;+1/p-1. The molecule has 0 rings (SSSR count). The van der Waals surface area contributed by atoms with Crippen molar-refractivity contribution in [1.29, 1.82) is 0 Å². The molecule has 0 aromatic rings. The molecular formula is C18H34NNaO4. The van der Waals surface area contributed by atoms with Crippen LogP contribution in [0.4, 0.5) is 0 Å². The zero-order valence-corrected chi connectivity index (χ0v) is 17.9. The third kappa shape index (κ3) is 16.7. The fourth-order valence-corrected chi connectivity index (χ4v) is 2.50. The van der Waals surface area contributed by atoms with E-state index >= 15 is 0 Å². The fourth-order valence-electron chi connectivity index (χ4n) is 2.50. The second-order valence-corrected chi connectivity index (χ2v) is 6.12. The molecule has 1 N–H and O–H groups in total. The number of carboxylic acid groups (broad SMARTS) is 1. The van der Waals surface area contributed by atoms with Crippen molar-refractivity contribution < 1.29 is 49.3 Å². The largest absolute Gasteiger partial charge is 1.00 e. The summed E-state index contributed by atoms with van der Waals surface area (Å²) < 4.78 is 4.75. The molecule has 0 amide bonds. The molecule has 0 saturated heterocycles. The third-order valence-electron chi connectivity index (χ3n) is 3.90. The molecule has 0 heterocycles. The van der Waals surface area contributed by atoms with E-state index in [1.807, 2.05) is 0 Å². The molecular weight excluding hydrogens is 317 g/mol. The predicted octanol–water partition coefficient (Wildman–Crippen LogP) is 0.550. The molecule has 5 nitrogen and oxygen atoms in total. The molecule has 0 fully saturated rings. The number of carboxylic acids is 1. The molecule has 0 aliphatic rings. The molecule has 24 heavy (non-hydrogen) atoms. The molecule has 0 aliphatic heterocycles. The molecule has 136 valence electrons. The van der Waals surface area contributed by atoms with Crippen molar-refractivity contribution in [3.05, 3.63) is 0 Å². The van der Waals surface area contributed by atoms with Crippen LogP contribution in [0, 0.1) is 0 Å². The van der Waals surface area contributed by atoms with Gasteiger partial charge in [0, 0.05) is 7.11 Å². The first-order valence-corrected chi connectivity index (χ1v) is 9.07. The summed E-state index contributed by atoms with van der Waals surface area (Å²) in [6.07, 6.45) is 13.8. The fraction of sp³-hybridized carbons (Fsp3) is 0.889. The van der Waals surface area contributed by atoms with Crippen LogP contribution in [0.15, 0.2) is 4.99 Å². The van der Waals surface area contributed by atoms with Crippen molar-refractivity contribution in [1.82, 2.24) is 0 Å². The van der Waals surface area contributed by atoms with Gasteiger partial charge in [0.05, 0.1) is 6.61 Å². The Kier molecular flexibility index (Phi) is 20.9. The second kappa shape index (κ2) is 19.2. The third-order valence-corrected chi connectivity index (χ3v) is 3.90. The van der Waals surface area contributed by atoms with Gasteiger partial charge in [-0.05, 0) is 18.7 Å². The van der Waals surface area contributed by atoms with Crippen molar-refractivity contribution in [3.63, 3.8) is 0 Å². The zero-order valence-electron chi connectivity index (χ0n) is 15.9. The minimum absolute atomic E-state index is 0. The smallest absolute Gasteiger partial charge is 0.862 e. The maximum absolute atomic E-state index is 11.6. The van der Waals surface area contributed by atoms with E-state index in [1.54, 1.807) is 0 Å². The van der Waals surface area contributed by atoms with Crippen LogP contribution in [0.1, 0.15) is 84.0 Å². The monoisotopic (exact) mass is 351 g/mol. The van der Waals surface area contributed by atoms with Gasteiger partial charge in [-0.2, -0.15) is 0 Å². The van der Waals surface area contributed by atoms with Gasteiger partial charge in [-0.15, -0.1) is 0 Å². The number of aliphatic imine (C=N–C) groups is 1. The van der Waals surface area contributed by atoms with Crippen LogP contribution in [0.25, 0.3) is 0 Å². The Hall–Kier alpha value is -0.100. The first-order valence-electron chi connectivity index (χ1n) is 9.07. The normalized spacial score (nSPS) is 12.7. The minimum atomic E-state index is -1.11. The van der Waals surface area contributed by atoms with Crippen molar-refractivity contribution in [2.75, 3.05) is 13.7 Å². The topological polar surface area (TPSA) is 82.0 Å². The number of hydrogen-bond acceptors (Lipinski definition) is 4. The van der Waals surface area contributed by atoms with Gasteiger partial charge in [0.1, 0.15) is 0 Å². The van der Waals surface area contributed by atoms with Gasteiger partial charge in [0.15, 0.2) is 6.04 Å². The summed E-state index contributed by atoms with van der Waals surface area (Å²) in [5.74, 6) is -1.44. The van der Waals surface area contributed by atoms with Crippen LogP contribution in [-0.2, 0) is 9.53 Å². The summed E-state index contributed by atoms with van der Waals surface area (Å²) in [6, 6.07) is -1.07. The summed E-state index contributed by atoms with van der Waals surface area (Å²) in [4.78, 5) is 14.5. The summed E-state index contributed by atoms with van der Waals surface area (Å²) in [5, 5.41) is 20.5. The van der Waals surface area contributed by atoms with Crippen LogP contribution >= 0.6 is 0 Å². The van der Waals surface area contributed by atoms with Gasteiger partial charge in [0.25, 0.3) is 0 Å². The number of rotatable bonds is 16. The van der Waals surface area contributed by atoms with E-state index in [4.69, 9.17) is 9.84 Å². The molecule has 0 aromatic heterocycles. The molecule has 0 saturated carbocycles. The molecule has 0 spiro atoms. The summed E-state index contributed by atoms with van der Waals surface area (Å²) in [7, 11) is 1.40. The average molecular weight is 351 g/mol. The van der Waals surface area contributed by atoms with E-state index in [0.29, 0.717) is 6.42 Å². The number of hydrogen-bond donors (Lipinski definition) is 1. The first-order chi connectivity index (χ1) is 11.1. The maximum atomic E-state index is 11.6. The van der Waals surface area contributed by atoms with E-state index < -0.39 is 12.0 Å². The van der Waals surface area contributed by atoms with Gasteiger partial charge in [-0.25, -0.2) is 4.79 Å². The maximum Gasteiger partial charge on any atom is 1.00 e. The zero-order chi connectivity index (χ0) is 17.3. The molecule has 6 heteroatoms. The van der Waals surface area contributed by atoms with Crippen LogP contribution in [-0.4, -0.2) is 36.7 Å². The van der Waals surface area contributed by atoms with Crippen LogP contribution in [0.5, 0.6) is 0 Å². The van der Waals surface area contributed by atoms with Crippen molar-refractivity contribution in [2.24, 2.45) is 4.99 Å². The van der Waals surface area contributed by atoms with Crippen LogP contribution in [0.3, 0.4) is 0 Å². The first kappa shape index (κ1) is 26.1. The van der Waals surface area contributed by atoms with Crippen LogP contribution in [0.2, 0.25) is 0 Å². The Morgan fingerprint density at radius 1 is 1.00 bits per heavy atom. The van der Waals surface area contributed by atoms with E-state index in [1.165, 1.54) is 58.5 Å². The van der Waals surface area contributed by atoms with E-state index in [9.17, 15) is 9.90 Å². The Bertz CT molecular complexity index is 324. The van der Waals surface area contributed by atoms with E-state index in [-0.39, 0.29) is 42.1 Å². The van der Waals surface area contributed by atoms with Crippen molar-refractivity contribution in [2.45, 2.75) is 90.0 Å². The Balaban J connectivity index is 0. The SMILES string of the molecule is CCCCCCCCCCCCCC([O-])=NC(COC)C(=O)O.[Na+]. The van der Waals surface area contributed by atoms with Gasteiger partial charge in [0.2, 0.25) is 0 Å². The second-order valence-electron chi connectivity index (χ2n) is 6.12.